The fourth-order valence-corrected chi connectivity index (χ4v) is 2.41. The molecule has 0 aliphatic carbocycles. The van der Waals surface area contributed by atoms with Crippen molar-refractivity contribution in [3.63, 3.8) is 0 Å². The van der Waals surface area contributed by atoms with Crippen LogP contribution >= 0.6 is 15.9 Å². The number of nitrogens with one attached hydrogen (secondary N) is 1. The van der Waals surface area contributed by atoms with Gasteiger partial charge in [-0.25, -0.2) is 0 Å². The normalized spacial score (nSPS) is 12.6. The molecule has 0 fully saturated rings. The van der Waals surface area contributed by atoms with Crippen molar-refractivity contribution in [2.24, 2.45) is 0 Å². The van der Waals surface area contributed by atoms with Gasteiger partial charge in [0.15, 0.2) is 0 Å². The SMILES string of the molecule is CCCNC(Cc1ccoc1)c1ncccc1Br. The number of hydrogen-bond donors (Lipinski definition) is 1. The Labute approximate surface area is 116 Å². The van der Waals surface area contributed by atoms with Crippen LogP contribution in [0.15, 0.2) is 45.8 Å². The first-order valence-electron chi connectivity index (χ1n) is 6.16. The highest BCUT2D eigenvalue weighted by atomic mass is 79.9. The van der Waals surface area contributed by atoms with E-state index >= 15 is 0 Å². The molecule has 0 saturated carbocycles. The molecule has 0 spiro atoms. The minimum atomic E-state index is 0.207. The predicted octanol–water partition coefficient (Wildman–Crippen LogP) is 3.72. The number of halogens is 1. The quantitative estimate of drug-likeness (QED) is 0.884. The van der Waals surface area contributed by atoms with Gasteiger partial charge in [0.05, 0.1) is 24.3 Å². The number of rotatable bonds is 6. The smallest absolute Gasteiger partial charge is 0.0935 e. The van der Waals surface area contributed by atoms with Gasteiger partial charge in [-0.05, 0) is 59.1 Å². The largest absolute Gasteiger partial charge is 0.472 e. The molecule has 2 heterocycles. The minimum absolute atomic E-state index is 0.207. The molecule has 0 radical (unpaired) electrons. The third-order valence-corrected chi connectivity index (χ3v) is 3.45. The molecule has 1 unspecified atom stereocenters. The molecule has 4 heteroatoms. The van der Waals surface area contributed by atoms with E-state index in [4.69, 9.17) is 4.42 Å². The third-order valence-electron chi connectivity index (χ3n) is 2.78. The molecule has 2 rings (SSSR count). The second-order valence-electron chi connectivity index (χ2n) is 4.21. The van der Waals surface area contributed by atoms with Crippen molar-refractivity contribution in [1.82, 2.24) is 10.3 Å². The Morgan fingerprint density at radius 1 is 1.44 bits per heavy atom. The molecule has 0 amide bonds. The van der Waals surface area contributed by atoms with Crippen LogP contribution in [0.2, 0.25) is 0 Å². The van der Waals surface area contributed by atoms with E-state index in [0.717, 1.165) is 29.6 Å². The highest BCUT2D eigenvalue weighted by Gasteiger charge is 2.16. The van der Waals surface area contributed by atoms with Gasteiger partial charge in [-0.3, -0.25) is 4.98 Å². The van der Waals surface area contributed by atoms with Crippen molar-refractivity contribution in [2.45, 2.75) is 25.8 Å². The zero-order valence-electron chi connectivity index (χ0n) is 10.4. The molecule has 0 aliphatic rings. The molecule has 2 aromatic heterocycles. The average Bonchev–Trinajstić information content (AvgIpc) is 2.88. The Morgan fingerprint density at radius 3 is 3.00 bits per heavy atom. The Balaban J connectivity index is 2.16. The molecule has 0 saturated heterocycles. The lowest BCUT2D eigenvalue weighted by Crippen LogP contribution is -2.25. The summed E-state index contributed by atoms with van der Waals surface area (Å²) in [5, 5.41) is 3.53. The van der Waals surface area contributed by atoms with E-state index in [1.807, 2.05) is 24.4 Å². The molecule has 1 atom stereocenters. The van der Waals surface area contributed by atoms with E-state index in [1.165, 1.54) is 5.56 Å². The second kappa shape index (κ2) is 6.71. The second-order valence-corrected chi connectivity index (χ2v) is 5.07. The first-order chi connectivity index (χ1) is 8.81. The summed E-state index contributed by atoms with van der Waals surface area (Å²) >= 11 is 3.57. The van der Waals surface area contributed by atoms with Gasteiger partial charge in [0, 0.05) is 10.7 Å². The van der Waals surface area contributed by atoms with Gasteiger partial charge in [-0.15, -0.1) is 0 Å². The van der Waals surface area contributed by atoms with Gasteiger partial charge in [0.2, 0.25) is 0 Å². The zero-order chi connectivity index (χ0) is 12.8. The van der Waals surface area contributed by atoms with E-state index in [0.29, 0.717) is 0 Å². The van der Waals surface area contributed by atoms with Crippen molar-refractivity contribution >= 4 is 15.9 Å². The van der Waals surface area contributed by atoms with Crippen LogP contribution in [0.25, 0.3) is 0 Å². The summed E-state index contributed by atoms with van der Waals surface area (Å²) < 4.78 is 6.17. The summed E-state index contributed by atoms with van der Waals surface area (Å²) in [7, 11) is 0. The Morgan fingerprint density at radius 2 is 2.33 bits per heavy atom. The highest BCUT2D eigenvalue weighted by Crippen LogP contribution is 2.24. The van der Waals surface area contributed by atoms with Crippen molar-refractivity contribution in [2.75, 3.05) is 6.54 Å². The molecule has 96 valence electrons. The van der Waals surface area contributed by atoms with Crippen molar-refractivity contribution in [3.05, 3.63) is 52.7 Å². The highest BCUT2D eigenvalue weighted by molar-refractivity contribution is 9.10. The summed E-state index contributed by atoms with van der Waals surface area (Å²) in [6.45, 7) is 3.14. The fraction of sp³-hybridized carbons (Fsp3) is 0.357. The van der Waals surface area contributed by atoms with Crippen LogP contribution in [0.4, 0.5) is 0 Å². The van der Waals surface area contributed by atoms with Gasteiger partial charge in [0.25, 0.3) is 0 Å². The number of pyridine rings is 1. The Kier molecular flexibility index (Phi) is 4.96. The molecule has 0 aliphatic heterocycles. The standard InChI is InChI=1S/C14H17BrN2O/c1-2-6-16-13(9-11-5-8-18-10-11)14-12(15)4-3-7-17-14/h3-5,7-8,10,13,16H,2,6,9H2,1H3. The van der Waals surface area contributed by atoms with Gasteiger partial charge in [-0.2, -0.15) is 0 Å². The van der Waals surface area contributed by atoms with Gasteiger partial charge < -0.3 is 9.73 Å². The van der Waals surface area contributed by atoms with Crippen LogP contribution in [0.3, 0.4) is 0 Å². The minimum Gasteiger partial charge on any atom is -0.472 e. The molecule has 0 aromatic carbocycles. The van der Waals surface area contributed by atoms with Crippen LogP contribution in [-0.4, -0.2) is 11.5 Å². The van der Waals surface area contributed by atoms with Crippen molar-refractivity contribution in [1.29, 1.82) is 0 Å². The van der Waals surface area contributed by atoms with Gasteiger partial charge >= 0.3 is 0 Å². The van der Waals surface area contributed by atoms with Crippen molar-refractivity contribution in [3.8, 4) is 0 Å². The van der Waals surface area contributed by atoms with Crippen LogP contribution in [0.5, 0.6) is 0 Å². The summed E-state index contributed by atoms with van der Waals surface area (Å²) in [6.07, 6.45) is 7.31. The van der Waals surface area contributed by atoms with Crippen LogP contribution in [-0.2, 0) is 6.42 Å². The number of aromatic nitrogens is 1. The van der Waals surface area contributed by atoms with Crippen LogP contribution in [0, 0.1) is 0 Å². The van der Waals surface area contributed by atoms with E-state index in [2.05, 4.69) is 33.2 Å². The molecule has 0 bridgehead atoms. The van der Waals surface area contributed by atoms with Gasteiger partial charge in [-0.1, -0.05) is 6.92 Å². The zero-order valence-corrected chi connectivity index (χ0v) is 12.0. The van der Waals surface area contributed by atoms with Gasteiger partial charge in [0.1, 0.15) is 0 Å². The lowest BCUT2D eigenvalue weighted by Gasteiger charge is -2.18. The maximum Gasteiger partial charge on any atom is 0.0935 e. The Bertz CT molecular complexity index is 470. The van der Waals surface area contributed by atoms with E-state index in [-0.39, 0.29) is 6.04 Å². The summed E-state index contributed by atoms with van der Waals surface area (Å²) in [4.78, 5) is 4.47. The maximum absolute atomic E-state index is 5.13. The number of furan rings is 1. The molecular formula is C14H17BrN2O. The summed E-state index contributed by atoms with van der Waals surface area (Å²) in [5.41, 5.74) is 2.23. The van der Waals surface area contributed by atoms with E-state index < -0.39 is 0 Å². The topological polar surface area (TPSA) is 38.1 Å². The predicted molar refractivity (Wildman–Crippen MR) is 75.4 cm³/mol. The fourth-order valence-electron chi connectivity index (χ4n) is 1.88. The molecule has 1 N–H and O–H groups in total. The van der Waals surface area contributed by atoms with Crippen LogP contribution in [0.1, 0.15) is 30.6 Å². The van der Waals surface area contributed by atoms with E-state index in [9.17, 15) is 0 Å². The molecule has 18 heavy (non-hydrogen) atoms. The third kappa shape index (κ3) is 3.43. The van der Waals surface area contributed by atoms with Crippen molar-refractivity contribution < 1.29 is 4.42 Å². The lowest BCUT2D eigenvalue weighted by atomic mass is 10.1. The molecule has 2 aromatic rings. The first kappa shape index (κ1) is 13.3. The monoisotopic (exact) mass is 308 g/mol. The summed E-state index contributed by atoms with van der Waals surface area (Å²) in [5.74, 6) is 0. The van der Waals surface area contributed by atoms with Crippen LogP contribution < -0.4 is 5.32 Å². The Hall–Kier alpha value is -1.13. The number of hydrogen-bond acceptors (Lipinski definition) is 3. The molecule has 3 nitrogen and oxygen atoms in total. The summed E-state index contributed by atoms with van der Waals surface area (Å²) in [6, 6.07) is 6.16. The lowest BCUT2D eigenvalue weighted by molar-refractivity contribution is 0.509. The van der Waals surface area contributed by atoms with E-state index in [1.54, 1.807) is 12.5 Å². The number of nitrogens with zero attached hydrogens (tertiary/aromatic N) is 1. The maximum atomic E-state index is 5.13. The average molecular weight is 309 g/mol. The molecular weight excluding hydrogens is 292 g/mol. The first-order valence-corrected chi connectivity index (χ1v) is 6.95.